The largest absolute Gasteiger partial charge is 0.496 e. The van der Waals surface area contributed by atoms with Gasteiger partial charge < -0.3 is 14.8 Å². The zero-order chi connectivity index (χ0) is 13.7. The molecular formula is C13H16FN3O2. The van der Waals surface area contributed by atoms with Gasteiger partial charge in [0.15, 0.2) is 0 Å². The van der Waals surface area contributed by atoms with Gasteiger partial charge in [-0.1, -0.05) is 6.07 Å². The summed E-state index contributed by atoms with van der Waals surface area (Å²) in [6.45, 7) is 1.21. The van der Waals surface area contributed by atoms with Gasteiger partial charge in [0.05, 0.1) is 25.0 Å². The average Bonchev–Trinajstić information content (AvgIpc) is 2.87. The maximum atomic E-state index is 13.9. The van der Waals surface area contributed by atoms with Gasteiger partial charge in [-0.2, -0.15) is 5.10 Å². The zero-order valence-corrected chi connectivity index (χ0v) is 10.9. The van der Waals surface area contributed by atoms with Crippen LogP contribution in [0.15, 0.2) is 24.3 Å². The van der Waals surface area contributed by atoms with E-state index in [1.165, 1.54) is 13.2 Å². The highest BCUT2D eigenvalue weighted by Crippen LogP contribution is 2.31. The van der Waals surface area contributed by atoms with Crippen LogP contribution >= 0.6 is 0 Å². The first-order valence-corrected chi connectivity index (χ1v) is 5.87. The highest BCUT2D eigenvalue weighted by molar-refractivity contribution is 5.70. The average molecular weight is 265 g/mol. The Morgan fingerprint density at radius 2 is 2.21 bits per heavy atom. The summed E-state index contributed by atoms with van der Waals surface area (Å²) in [5.41, 5.74) is 0.937. The van der Waals surface area contributed by atoms with Crippen molar-refractivity contribution in [2.24, 2.45) is 0 Å². The Morgan fingerprint density at radius 1 is 1.37 bits per heavy atom. The van der Waals surface area contributed by atoms with E-state index >= 15 is 0 Å². The van der Waals surface area contributed by atoms with E-state index in [9.17, 15) is 4.39 Å². The molecule has 19 heavy (non-hydrogen) atoms. The monoisotopic (exact) mass is 265 g/mol. The van der Waals surface area contributed by atoms with Crippen LogP contribution in [0, 0.1) is 5.82 Å². The molecule has 102 valence electrons. The standard InChI is InChI=1S/C13H16FN3O2/c1-18-7-6-15-12-8-10(16-17-12)13-9(14)4-3-5-11(13)19-2/h3-5,8H,6-7H2,1-2H3,(H2,15,16,17). The number of anilines is 1. The molecule has 0 unspecified atom stereocenters. The molecule has 0 aliphatic rings. The summed E-state index contributed by atoms with van der Waals surface area (Å²) in [4.78, 5) is 0. The second-order valence-corrected chi connectivity index (χ2v) is 3.90. The summed E-state index contributed by atoms with van der Waals surface area (Å²) in [6, 6.07) is 6.43. The molecule has 2 aromatic rings. The minimum absolute atomic E-state index is 0.355. The van der Waals surface area contributed by atoms with Gasteiger partial charge in [-0.05, 0) is 12.1 Å². The van der Waals surface area contributed by atoms with Crippen LogP contribution in [0.4, 0.5) is 10.2 Å². The first-order valence-electron chi connectivity index (χ1n) is 5.87. The van der Waals surface area contributed by atoms with Crippen LogP contribution in [0.3, 0.4) is 0 Å². The van der Waals surface area contributed by atoms with E-state index in [1.807, 2.05) is 0 Å². The molecule has 2 rings (SSSR count). The summed E-state index contributed by atoms with van der Waals surface area (Å²) < 4.78 is 24.0. The van der Waals surface area contributed by atoms with E-state index < -0.39 is 0 Å². The molecule has 6 heteroatoms. The summed E-state index contributed by atoms with van der Waals surface area (Å²) >= 11 is 0. The van der Waals surface area contributed by atoms with Crippen LogP contribution in [0.5, 0.6) is 5.75 Å². The third-order valence-electron chi connectivity index (χ3n) is 2.65. The number of benzene rings is 1. The Labute approximate surface area is 110 Å². The van der Waals surface area contributed by atoms with Gasteiger partial charge in [-0.3, -0.25) is 5.10 Å². The molecule has 1 heterocycles. The molecule has 0 atom stereocenters. The lowest BCUT2D eigenvalue weighted by Gasteiger charge is -2.06. The van der Waals surface area contributed by atoms with Gasteiger partial charge in [0.25, 0.3) is 0 Å². The SMILES string of the molecule is COCCNc1cc(-c2c(F)cccc2OC)[nH]n1. The second kappa shape index (κ2) is 6.19. The normalized spacial score (nSPS) is 10.5. The molecule has 0 saturated heterocycles. The smallest absolute Gasteiger partial charge is 0.148 e. The highest BCUT2D eigenvalue weighted by atomic mass is 19.1. The molecule has 0 amide bonds. The molecule has 5 nitrogen and oxygen atoms in total. The predicted molar refractivity (Wildman–Crippen MR) is 70.9 cm³/mol. The van der Waals surface area contributed by atoms with Crippen LogP contribution in [-0.4, -0.2) is 37.6 Å². The van der Waals surface area contributed by atoms with Crippen LogP contribution in [0.25, 0.3) is 11.3 Å². The number of nitrogens with zero attached hydrogens (tertiary/aromatic N) is 1. The fraction of sp³-hybridized carbons (Fsp3) is 0.308. The maximum Gasteiger partial charge on any atom is 0.148 e. The lowest BCUT2D eigenvalue weighted by atomic mass is 10.1. The molecule has 0 radical (unpaired) electrons. The van der Waals surface area contributed by atoms with Gasteiger partial charge >= 0.3 is 0 Å². The van der Waals surface area contributed by atoms with Gasteiger partial charge in [-0.15, -0.1) is 0 Å². The van der Waals surface area contributed by atoms with Crippen molar-refractivity contribution in [3.8, 4) is 17.0 Å². The molecule has 0 aliphatic heterocycles. The molecule has 0 fully saturated rings. The predicted octanol–water partition coefficient (Wildman–Crippen LogP) is 2.28. The van der Waals surface area contributed by atoms with E-state index in [0.29, 0.717) is 36.0 Å². The van der Waals surface area contributed by atoms with Crippen LogP contribution in [0.2, 0.25) is 0 Å². The van der Waals surface area contributed by atoms with Gasteiger partial charge in [-0.25, -0.2) is 4.39 Å². The number of nitrogens with one attached hydrogen (secondary N) is 2. The topological polar surface area (TPSA) is 59.2 Å². The summed E-state index contributed by atoms with van der Waals surface area (Å²) in [5, 5.41) is 9.92. The third-order valence-corrected chi connectivity index (χ3v) is 2.65. The Hall–Kier alpha value is -2.08. The van der Waals surface area contributed by atoms with E-state index in [4.69, 9.17) is 9.47 Å². The number of halogens is 1. The lowest BCUT2D eigenvalue weighted by Crippen LogP contribution is -2.07. The summed E-state index contributed by atoms with van der Waals surface area (Å²) in [7, 11) is 3.13. The highest BCUT2D eigenvalue weighted by Gasteiger charge is 2.14. The first kappa shape index (κ1) is 13.4. The van der Waals surface area contributed by atoms with Crippen molar-refractivity contribution in [2.75, 3.05) is 32.7 Å². The Kier molecular flexibility index (Phi) is 4.35. The van der Waals surface area contributed by atoms with E-state index in [0.717, 1.165) is 0 Å². The number of H-pyrrole nitrogens is 1. The van der Waals surface area contributed by atoms with Gasteiger partial charge in [0.2, 0.25) is 0 Å². The van der Waals surface area contributed by atoms with Gasteiger partial charge in [0, 0.05) is 19.7 Å². The molecule has 2 N–H and O–H groups in total. The van der Waals surface area contributed by atoms with Crippen molar-refractivity contribution in [2.45, 2.75) is 0 Å². The number of hydrogen-bond acceptors (Lipinski definition) is 4. The lowest BCUT2D eigenvalue weighted by molar-refractivity contribution is 0.210. The van der Waals surface area contributed by atoms with E-state index in [1.54, 1.807) is 25.3 Å². The molecule has 0 bridgehead atoms. The molecule has 0 spiro atoms. The van der Waals surface area contributed by atoms with Crippen LogP contribution in [0.1, 0.15) is 0 Å². The maximum absolute atomic E-state index is 13.9. The first-order chi connectivity index (χ1) is 9.26. The van der Waals surface area contributed by atoms with Crippen molar-refractivity contribution >= 4 is 5.82 Å². The van der Waals surface area contributed by atoms with Crippen molar-refractivity contribution in [1.29, 1.82) is 0 Å². The third kappa shape index (κ3) is 3.03. The molecule has 1 aromatic carbocycles. The van der Waals surface area contributed by atoms with Crippen LogP contribution in [-0.2, 0) is 4.74 Å². The van der Waals surface area contributed by atoms with Crippen LogP contribution < -0.4 is 10.1 Å². The van der Waals surface area contributed by atoms with Crippen molar-refractivity contribution in [1.82, 2.24) is 10.2 Å². The van der Waals surface area contributed by atoms with Crippen molar-refractivity contribution in [3.63, 3.8) is 0 Å². The second-order valence-electron chi connectivity index (χ2n) is 3.90. The summed E-state index contributed by atoms with van der Waals surface area (Å²) in [5.74, 6) is 0.746. The minimum atomic E-state index is -0.355. The molecular weight excluding hydrogens is 249 g/mol. The van der Waals surface area contributed by atoms with Crippen molar-refractivity contribution < 1.29 is 13.9 Å². The molecule has 0 aliphatic carbocycles. The minimum Gasteiger partial charge on any atom is -0.496 e. The van der Waals surface area contributed by atoms with Crippen molar-refractivity contribution in [3.05, 3.63) is 30.1 Å². The van der Waals surface area contributed by atoms with E-state index in [2.05, 4.69) is 15.5 Å². The number of aromatic amines is 1. The summed E-state index contributed by atoms with van der Waals surface area (Å²) in [6.07, 6.45) is 0. The quantitative estimate of drug-likeness (QED) is 0.787. The van der Waals surface area contributed by atoms with E-state index in [-0.39, 0.29) is 5.82 Å². The Morgan fingerprint density at radius 3 is 2.95 bits per heavy atom. The van der Waals surface area contributed by atoms with Gasteiger partial charge in [0.1, 0.15) is 17.4 Å². The number of rotatable bonds is 6. The number of hydrogen-bond donors (Lipinski definition) is 2. The zero-order valence-electron chi connectivity index (χ0n) is 10.9. The Balaban J connectivity index is 2.23. The number of ether oxygens (including phenoxy) is 2. The Bertz CT molecular complexity index is 542. The fourth-order valence-electron chi connectivity index (χ4n) is 1.76. The fourth-order valence-corrected chi connectivity index (χ4v) is 1.76. The molecule has 1 aromatic heterocycles. The number of methoxy groups -OCH3 is 2. The number of aromatic nitrogens is 2. The molecule has 0 saturated carbocycles.